The lowest BCUT2D eigenvalue weighted by atomic mass is 10.1. The first-order valence-electron chi connectivity index (χ1n) is 5.86. The number of hydrogen-bond acceptors (Lipinski definition) is 1. The summed E-state index contributed by atoms with van der Waals surface area (Å²) in [5.74, 6) is 0. The van der Waals surface area contributed by atoms with Crippen molar-refractivity contribution < 1.29 is 4.74 Å². The third-order valence-corrected chi connectivity index (χ3v) is 2.59. The van der Waals surface area contributed by atoms with Crippen LogP contribution in [0.5, 0.6) is 0 Å². The normalized spacial score (nSPS) is 20.5. The van der Waals surface area contributed by atoms with Crippen molar-refractivity contribution in [1.29, 1.82) is 0 Å². The Labute approximate surface area is 82.9 Å². The van der Waals surface area contributed by atoms with Crippen molar-refractivity contribution in [2.24, 2.45) is 0 Å². The van der Waals surface area contributed by atoms with Crippen LogP contribution in [0, 0.1) is 6.42 Å². The van der Waals surface area contributed by atoms with Gasteiger partial charge < -0.3 is 4.74 Å². The van der Waals surface area contributed by atoms with Crippen LogP contribution in [0.25, 0.3) is 0 Å². The highest BCUT2D eigenvalue weighted by atomic mass is 16.6. The summed E-state index contributed by atoms with van der Waals surface area (Å²) in [7, 11) is 0. The van der Waals surface area contributed by atoms with Gasteiger partial charge in [-0.05, 0) is 12.8 Å². The second-order valence-corrected chi connectivity index (χ2v) is 4.04. The lowest BCUT2D eigenvalue weighted by Gasteiger charge is -1.99. The molecule has 1 heteroatoms. The summed E-state index contributed by atoms with van der Waals surface area (Å²) in [6.07, 6.45) is 13.9. The molecule has 1 unspecified atom stereocenters. The summed E-state index contributed by atoms with van der Waals surface area (Å²) < 4.78 is 5.14. The minimum Gasteiger partial charge on any atom is -0.373 e. The fourth-order valence-corrected chi connectivity index (χ4v) is 1.58. The lowest BCUT2D eigenvalue weighted by molar-refractivity contribution is 0.403. The van der Waals surface area contributed by atoms with Crippen molar-refractivity contribution in [3.63, 3.8) is 0 Å². The molecule has 13 heavy (non-hydrogen) atoms. The average molecular weight is 183 g/mol. The molecule has 1 saturated heterocycles. The first-order valence-corrected chi connectivity index (χ1v) is 5.86. The zero-order valence-electron chi connectivity index (χ0n) is 8.93. The van der Waals surface area contributed by atoms with E-state index in [0.717, 1.165) is 6.61 Å². The van der Waals surface area contributed by atoms with Crippen LogP contribution in [0.4, 0.5) is 0 Å². The Hall–Kier alpha value is -0.0400. The highest BCUT2D eigenvalue weighted by Gasteiger charge is 2.20. The van der Waals surface area contributed by atoms with Crippen LogP contribution in [0.1, 0.15) is 58.3 Å². The molecule has 1 fully saturated rings. The molecular weight excluding hydrogens is 160 g/mol. The van der Waals surface area contributed by atoms with Crippen LogP contribution in [-0.2, 0) is 4.74 Å². The summed E-state index contributed by atoms with van der Waals surface area (Å²) in [4.78, 5) is 0. The highest BCUT2D eigenvalue weighted by Crippen LogP contribution is 2.17. The maximum Gasteiger partial charge on any atom is 0.0812 e. The molecule has 0 N–H and O–H groups in total. The summed E-state index contributed by atoms with van der Waals surface area (Å²) in [5.41, 5.74) is 0. The van der Waals surface area contributed by atoms with Gasteiger partial charge in [0.25, 0.3) is 0 Å². The van der Waals surface area contributed by atoms with Crippen molar-refractivity contribution in [3.8, 4) is 0 Å². The van der Waals surface area contributed by atoms with E-state index in [9.17, 15) is 0 Å². The van der Waals surface area contributed by atoms with Crippen molar-refractivity contribution in [1.82, 2.24) is 0 Å². The Balaban J connectivity index is 1.63. The van der Waals surface area contributed by atoms with Gasteiger partial charge in [0.2, 0.25) is 0 Å². The van der Waals surface area contributed by atoms with Gasteiger partial charge in [-0.2, -0.15) is 0 Å². The number of unbranched alkanes of at least 4 members (excludes halogenated alkanes) is 7. The summed E-state index contributed by atoms with van der Waals surface area (Å²) in [6, 6.07) is 0. The van der Waals surface area contributed by atoms with Gasteiger partial charge in [0.05, 0.1) is 12.7 Å². The molecule has 1 heterocycles. The van der Waals surface area contributed by atoms with Gasteiger partial charge in [0.1, 0.15) is 0 Å². The second kappa shape index (κ2) is 7.37. The fourth-order valence-electron chi connectivity index (χ4n) is 1.58. The first kappa shape index (κ1) is 11.0. The SMILES string of the molecule is CCCCCCCC[CH]CC1CO1. The predicted molar refractivity (Wildman–Crippen MR) is 56.7 cm³/mol. The zero-order valence-corrected chi connectivity index (χ0v) is 8.93. The molecule has 0 aromatic rings. The molecule has 0 aromatic carbocycles. The number of hydrogen-bond donors (Lipinski definition) is 0. The van der Waals surface area contributed by atoms with Gasteiger partial charge in [0, 0.05) is 0 Å². The Morgan fingerprint density at radius 1 is 1.15 bits per heavy atom. The fraction of sp³-hybridized carbons (Fsp3) is 0.917. The van der Waals surface area contributed by atoms with Gasteiger partial charge >= 0.3 is 0 Å². The predicted octanol–water partition coefficient (Wildman–Crippen LogP) is 3.73. The number of ether oxygens (including phenoxy) is 1. The number of rotatable bonds is 9. The van der Waals surface area contributed by atoms with E-state index in [1.54, 1.807) is 0 Å². The number of epoxide rings is 1. The molecule has 1 rings (SSSR count). The topological polar surface area (TPSA) is 12.5 Å². The van der Waals surface area contributed by atoms with E-state index in [4.69, 9.17) is 4.74 Å². The molecule has 77 valence electrons. The van der Waals surface area contributed by atoms with Gasteiger partial charge in [0.15, 0.2) is 0 Å². The molecule has 0 aliphatic carbocycles. The van der Waals surface area contributed by atoms with Crippen molar-refractivity contribution in [2.75, 3.05) is 6.61 Å². The van der Waals surface area contributed by atoms with E-state index >= 15 is 0 Å². The maximum absolute atomic E-state index is 5.14. The van der Waals surface area contributed by atoms with E-state index in [1.165, 1.54) is 51.4 Å². The standard InChI is InChI=1S/C12H23O/c1-2-3-4-5-6-7-8-9-10-12-11-13-12/h9,12H,2-8,10-11H2,1H3. The molecule has 1 atom stereocenters. The molecule has 0 spiro atoms. The average Bonchev–Trinajstić information content (AvgIpc) is 2.93. The van der Waals surface area contributed by atoms with Gasteiger partial charge in [-0.3, -0.25) is 0 Å². The summed E-state index contributed by atoms with van der Waals surface area (Å²) in [5, 5.41) is 0. The van der Waals surface area contributed by atoms with Crippen LogP contribution >= 0.6 is 0 Å². The second-order valence-electron chi connectivity index (χ2n) is 4.04. The van der Waals surface area contributed by atoms with Crippen LogP contribution in [-0.4, -0.2) is 12.7 Å². The Kier molecular flexibility index (Phi) is 6.26. The Morgan fingerprint density at radius 2 is 1.85 bits per heavy atom. The molecular formula is C12H23O. The van der Waals surface area contributed by atoms with Crippen molar-refractivity contribution >= 4 is 0 Å². The lowest BCUT2D eigenvalue weighted by Crippen LogP contribution is -1.86. The Bertz CT molecular complexity index is 108. The molecule has 1 radical (unpaired) electrons. The van der Waals surface area contributed by atoms with E-state index in [0.29, 0.717) is 6.10 Å². The van der Waals surface area contributed by atoms with Crippen LogP contribution in [0.3, 0.4) is 0 Å². The largest absolute Gasteiger partial charge is 0.373 e. The molecule has 1 aliphatic rings. The zero-order chi connectivity index (χ0) is 9.36. The summed E-state index contributed by atoms with van der Waals surface area (Å²) >= 11 is 0. The minimum absolute atomic E-state index is 0.597. The first-order chi connectivity index (χ1) is 6.43. The molecule has 0 saturated carbocycles. The third-order valence-electron chi connectivity index (χ3n) is 2.59. The van der Waals surface area contributed by atoms with Crippen molar-refractivity contribution in [3.05, 3.63) is 6.42 Å². The smallest absolute Gasteiger partial charge is 0.0812 e. The van der Waals surface area contributed by atoms with Crippen LogP contribution < -0.4 is 0 Å². The maximum atomic E-state index is 5.14. The summed E-state index contributed by atoms with van der Waals surface area (Å²) in [6.45, 7) is 3.27. The van der Waals surface area contributed by atoms with Crippen LogP contribution in [0.2, 0.25) is 0 Å². The molecule has 0 aromatic heterocycles. The molecule has 0 amide bonds. The van der Waals surface area contributed by atoms with E-state index in [1.807, 2.05) is 0 Å². The van der Waals surface area contributed by atoms with Gasteiger partial charge in [-0.25, -0.2) is 0 Å². The quantitative estimate of drug-likeness (QED) is 0.392. The van der Waals surface area contributed by atoms with E-state index in [-0.39, 0.29) is 0 Å². The van der Waals surface area contributed by atoms with E-state index in [2.05, 4.69) is 13.3 Å². The van der Waals surface area contributed by atoms with Gasteiger partial charge in [-0.15, -0.1) is 0 Å². The van der Waals surface area contributed by atoms with Crippen molar-refractivity contribution in [2.45, 2.75) is 64.4 Å². The molecule has 1 nitrogen and oxygen atoms in total. The minimum atomic E-state index is 0.597. The van der Waals surface area contributed by atoms with E-state index < -0.39 is 0 Å². The highest BCUT2D eigenvalue weighted by molar-refractivity contribution is 4.77. The van der Waals surface area contributed by atoms with Gasteiger partial charge in [-0.1, -0.05) is 51.9 Å². The monoisotopic (exact) mass is 183 g/mol. The van der Waals surface area contributed by atoms with Crippen LogP contribution in [0.15, 0.2) is 0 Å². The molecule has 0 bridgehead atoms. The molecule has 1 aliphatic heterocycles. The third kappa shape index (κ3) is 7.06. The Morgan fingerprint density at radius 3 is 2.54 bits per heavy atom.